The summed E-state index contributed by atoms with van der Waals surface area (Å²) in [4.78, 5) is 11.2. The summed E-state index contributed by atoms with van der Waals surface area (Å²) in [5, 5.41) is 3.82. The van der Waals surface area contributed by atoms with Crippen molar-refractivity contribution in [2.75, 3.05) is 0 Å². The average molecular weight is 367 g/mol. The molecule has 0 aliphatic carbocycles. The van der Waals surface area contributed by atoms with Gasteiger partial charge in [0.1, 0.15) is 29.4 Å². The Kier molecular flexibility index (Phi) is 5.69. The molecular formula is C22H25NO4. The first-order valence-electron chi connectivity index (χ1n) is 9.09. The number of ether oxygens (including phenoxy) is 2. The molecule has 1 atom stereocenters. The first-order valence-corrected chi connectivity index (χ1v) is 9.09. The van der Waals surface area contributed by atoms with E-state index in [2.05, 4.69) is 5.32 Å². The summed E-state index contributed by atoms with van der Waals surface area (Å²) in [7, 11) is 0. The van der Waals surface area contributed by atoms with Gasteiger partial charge in [-0.25, -0.2) is 0 Å². The standard InChI is InChI=1S/C22H25NO4/c1-14(2)26-20-8-6-19(7-9-20)25-13-17-5-10-21-18(11-17)12-22(27-21)15(3)23-16(4)24/h5-12,14-15H,13H2,1-4H3,(H,23,24). The predicted octanol–water partition coefficient (Wildman–Crippen LogP) is 5.00. The Morgan fingerprint density at radius 1 is 1.04 bits per heavy atom. The number of nitrogens with one attached hydrogen (secondary N) is 1. The number of hydrogen-bond acceptors (Lipinski definition) is 4. The molecule has 2 aromatic carbocycles. The van der Waals surface area contributed by atoms with E-state index in [1.165, 1.54) is 6.92 Å². The molecule has 27 heavy (non-hydrogen) atoms. The second-order valence-electron chi connectivity index (χ2n) is 6.87. The summed E-state index contributed by atoms with van der Waals surface area (Å²) in [5.41, 5.74) is 1.84. The smallest absolute Gasteiger partial charge is 0.217 e. The molecule has 142 valence electrons. The largest absolute Gasteiger partial charge is 0.491 e. The van der Waals surface area contributed by atoms with Crippen molar-refractivity contribution in [2.45, 2.75) is 46.4 Å². The number of furan rings is 1. The molecule has 1 unspecified atom stereocenters. The van der Waals surface area contributed by atoms with Gasteiger partial charge in [-0.15, -0.1) is 0 Å². The van der Waals surface area contributed by atoms with Gasteiger partial charge in [0.25, 0.3) is 0 Å². The number of amides is 1. The van der Waals surface area contributed by atoms with E-state index in [9.17, 15) is 4.79 Å². The molecule has 1 heterocycles. The fraction of sp³-hybridized carbons (Fsp3) is 0.318. The number of carbonyl (C=O) groups excluding carboxylic acids is 1. The molecule has 0 saturated carbocycles. The van der Waals surface area contributed by atoms with Crippen LogP contribution in [0.25, 0.3) is 11.0 Å². The Morgan fingerprint density at radius 2 is 1.74 bits per heavy atom. The van der Waals surface area contributed by atoms with Crippen LogP contribution in [0.15, 0.2) is 52.9 Å². The normalized spacial score (nSPS) is 12.2. The minimum atomic E-state index is -0.166. The first kappa shape index (κ1) is 18.8. The lowest BCUT2D eigenvalue weighted by Crippen LogP contribution is -2.23. The Morgan fingerprint density at radius 3 is 2.41 bits per heavy atom. The van der Waals surface area contributed by atoms with E-state index in [1.54, 1.807) is 0 Å². The van der Waals surface area contributed by atoms with E-state index in [1.807, 2.05) is 69.3 Å². The minimum absolute atomic E-state index is 0.0816. The van der Waals surface area contributed by atoms with Crippen LogP contribution >= 0.6 is 0 Å². The molecule has 1 N–H and O–H groups in total. The van der Waals surface area contributed by atoms with E-state index in [4.69, 9.17) is 13.9 Å². The number of rotatable bonds is 7. The molecule has 0 saturated heterocycles. The van der Waals surface area contributed by atoms with Crippen molar-refractivity contribution < 1.29 is 18.7 Å². The topological polar surface area (TPSA) is 60.7 Å². The van der Waals surface area contributed by atoms with Gasteiger partial charge in [0.05, 0.1) is 12.1 Å². The van der Waals surface area contributed by atoms with Gasteiger partial charge in [-0.1, -0.05) is 6.07 Å². The third-order valence-electron chi connectivity index (χ3n) is 4.05. The first-order chi connectivity index (χ1) is 12.9. The van der Waals surface area contributed by atoms with Crippen molar-refractivity contribution in [3.63, 3.8) is 0 Å². The summed E-state index contributed by atoms with van der Waals surface area (Å²) in [6.07, 6.45) is 0.150. The quantitative estimate of drug-likeness (QED) is 0.639. The third-order valence-corrected chi connectivity index (χ3v) is 4.05. The number of hydrogen-bond donors (Lipinski definition) is 1. The van der Waals surface area contributed by atoms with Gasteiger partial charge in [0.15, 0.2) is 0 Å². The summed E-state index contributed by atoms with van der Waals surface area (Å²) in [5.74, 6) is 2.28. The maximum absolute atomic E-state index is 11.2. The molecule has 5 heteroatoms. The van der Waals surface area contributed by atoms with Crippen LogP contribution in [0.4, 0.5) is 0 Å². The van der Waals surface area contributed by atoms with Crippen LogP contribution in [0.2, 0.25) is 0 Å². The highest BCUT2D eigenvalue weighted by Gasteiger charge is 2.12. The Balaban J connectivity index is 1.66. The van der Waals surface area contributed by atoms with Gasteiger partial charge in [-0.3, -0.25) is 4.79 Å². The number of benzene rings is 2. The van der Waals surface area contributed by atoms with Gasteiger partial charge < -0.3 is 19.2 Å². The Labute approximate surface area is 159 Å². The predicted molar refractivity (Wildman–Crippen MR) is 105 cm³/mol. The monoisotopic (exact) mass is 367 g/mol. The molecule has 1 amide bonds. The van der Waals surface area contributed by atoms with Crippen molar-refractivity contribution in [3.05, 3.63) is 59.9 Å². The maximum Gasteiger partial charge on any atom is 0.217 e. The fourth-order valence-corrected chi connectivity index (χ4v) is 2.85. The number of fused-ring (bicyclic) bond motifs is 1. The third kappa shape index (κ3) is 5.03. The van der Waals surface area contributed by atoms with E-state index in [0.29, 0.717) is 6.61 Å². The zero-order chi connectivity index (χ0) is 19.4. The molecule has 1 aromatic heterocycles. The van der Waals surface area contributed by atoms with Crippen molar-refractivity contribution in [2.24, 2.45) is 0 Å². The van der Waals surface area contributed by atoms with Crippen LogP contribution in [0.5, 0.6) is 11.5 Å². The van der Waals surface area contributed by atoms with Crippen LogP contribution < -0.4 is 14.8 Å². The molecule has 5 nitrogen and oxygen atoms in total. The SMILES string of the molecule is CC(=O)NC(C)c1cc2cc(COc3ccc(OC(C)C)cc3)ccc2o1. The lowest BCUT2D eigenvalue weighted by Gasteiger charge is -2.11. The summed E-state index contributed by atoms with van der Waals surface area (Å²) in [6, 6.07) is 15.4. The summed E-state index contributed by atoms with van der Waals surface area (Å²) in [6.45, 7) is 7.85. The molecular weight excluding hydrogens is 342 g/mol. The highest BCUT2D eigenvalue weighted by molar-refractivity contribution is 5.79. The molecule has 0 aliphatic heterocycles. The van der Waals surface area contributed by atoms with Gasteiger partial charge in [-0.05, 0) is 68.8 Å². The molecule has 0 radical (unpaired) electrons. The van der Waals surface area contributed by atoms with Crippen molar-refractivity contribution in [1.82, 2.24) is 5.32 Å². The highest BCUT2D eigenvalue weighted by Crippen LogP contribution is 2.26. The highest BCUT2D eigenvalue weighted by atomic mass is 16.5. The Bertz CT molecular complexity index is 912. The van der Waals surface area contributed by atoms with Crippen LogP contribution in [0.1, 0.15) is 45.1 Å². The molecule has 3 rings (SSSR count). The number of carbonyl (C=O) groups is 1. The van der Waals surface area contributed by atoms with E-state index in [0.717, 1.165) is 33.8 Å². The van der Waals surface area contributed by atoms with Crippen molar-refractivity contribution in [1.29, 1.82) is 0 Å². The average Bonchev–Trinajstić information content (AvgIpc) is 3.03. The fourth-order valence-electron chi connectivity index (χ4n) is 2.85. The van der Waals surface area contributed by atoms with Crippen LogP contribution in [0, 0.1) is 0 Å². The van der Waals surface area contributed by atoms with E-state index < -0.39 is 0 Å². The molecule has 0 aliphatic rings. The zero-order valence-electron chi connectivity index (χ0n) is 16.1. The second kappa shape index (κ2) is 8.16. The van der Waals surface area contributed by atoms with Crippen LogP contribution in [-0.2, 0) is 11.4 Å². The van der Waals surface area contributed by atoms with Gasteiger partial charge in [0.2, 0.25) is 5.91 Å². The van der Waals surface area contributed by atoms with E-state index in [-0.39, 0.29) is 18.1 Å². The maximum atomic E-state index is 11.2. The van der Waals surface area contributed by atoms with Gasteiger partial charge in [-0.2, -0.15) is 0 Å². The molecule has 3 aromatic rings. The zero-order valence-corrected chi connectivity index (χ0v) is 16.1. The van der Waals surface area contributed by atoms with Crippen LogP contribution in [0.3, 0.4) is 0 Å². The van der Waals surface area contributed by atoms with E-state index >= 15 is 0 Å². The van der Waals surface area contributed by atoms with Gasteiger partial charge in [0, 0.05) is 12.3 Å². The summed E-state index contributed by atoms with van der Waals surface area (Å²) >= 11 is 0. The minimum Gasteiger partial charge on any atom is -0.491 e. The van der Waals surface area contributed by atoms with Crippen molar-refractivity contribution in [3.8, 4) is 11.5 Å². The second-order valence-corrected chi connectivity index (χ2v) is 6.87. The molecule has 0 fully saturated rings. The van der Waals surface area contributed by atoms with Gasteiger partial charge >= 0.3 is 0 Å². The Hall–Kier alpha value is -2.95. The molecule has 0 bridgehead atoms. The lowest BCUT2D eigenvalue weighted by atomic mass is 10.1. The van der Waals surface area contributed by atoms with Crippen LogP contribution in [-0.4, -0.2) is 12.0 Å². The molecule has 0 spiro atoms. The lowest BCUT2D eigenvalue weighted by molar-refractivity contribution is -0.119. The van der Waals surface area contributed by atoms with Crippen molar-refractivity contribution >= 4 is 16.9 Å². The summed E-state index contributed by atoms with van der Waals surface area (Å²) < 4.78 is 17.3.